The van der Waals surface area contributed by atoms with Crippen LogP contribution in [0, 0.1) is 0 Å². The van der Waals surface area contributed by atoms with Crippen molar-refractivity contribution in [2.24, 2.45) is 0 Å². The zero-order chi connectivity index (χ0) is 14.2. The van der Waals surface area contributed by atoms with Gasteiger partial charge in [0.25, 0.3) is 5.95 Å². The van der Waals surface area contributed by atoms with E-state index in [2.05, 4.69) is 25.0 Å². The predicted octanol–water partition coefficient (Wildman–Crippen LogP) is 0.457. The van der Waals surface area contributed by atoms with Crippen molar-refractivity contribution in [3.05, 3.63) is 17.9 Å². The van der Waals surface area contributed by atoms with E-state index < -0.39 is 5.60 Å². The second kappa shape index (κ2) is 4.95. The van der Waals surface area contributed by atoms with Gasteiger partial charge in [-0.1, -0.05) is 0 Å². The fourth-order valence-electron chi connectivity index (χ4n) is 2.07. The van der Waals surface area contributed by atoms with Crippen molar-refractivity contribution in [1.29, 1.82) is 0 Å². The standard InChI is InChI=1S/C11H14ClN7O/c1-11(20)2-4-18(5-3-11)9-15-8(12)16-10(17-9)19-7-13-6-14-19/h6-7,20H,2-5H2,1H3. The largest absolute Gasteiger partial charge is 0.390 e. The summed E-state index contributed by atoms with van der Waals surface area (Å²) in [7, 11) is 0. The fourth-order valence-corrected chi connectivity index (χ4v) is 2.22. The molecule has 0 aliphatic carbocycles. The van der Waals surface area contributed by atoms with Gasteiger partial charge in [-0.25, -0.2) is 4.98 Å². The van der Waals surface area contributed by atoms with E-state index in [4.69, 9.17) is 11.6 Å². The molecule has 2 aromatic heterocycles. The molecule has 8 nitrogen and oxygen atoms in total. The molecule has 0 radical (unpaired) electrons. The number of hydrogen-bond donors (Lipinski definition) is 1. The minimum atomic E-state index is -0.623. The van der Waals surface area contributed by atoms with Crippen LogP contribution in [0.4, 0.5) is 5.95 Å². The van der Waals surface area contributed by atoms with Gasteiger partial charge in [-0.05, 0) is 31.4 Å². The van der Waals surface area contributed by atoms with Crippen LogP contribution in [0.15, 0.2) is 12.7 Å². The first-order chi connectivity index (χ1) is 9.53. The average molecular weight is 296 g/mol. The smallest absolute Gasteiger partial charge is 0.258 e. The zero-order valence-electron chi connectivity index (χ0n) is 10.9. The van der Waals surface area contributed by atoms with Gasteiger partial charge in [0.1, 0.15) is 12.7 Å². The van der Waals surface area contributed by atoms with Crippen LogP contribution in [0.2, 0.25) is 5.28 Å². The quantitative estimate of drug-likeness (QED) is 0.860. The number of piperidine rings is 1. The maximum atomic E-state index is 9.97. The molecule has 0 spiro atoms. The molecule has 9 heteroatoms. The van der Waals surface area contributed by atoms with Gasteiger partial charge in [-0.2, -0.15) is 24.7 Å². The van der Waals surface area contributed by atoms with Crippen LogP contribution in [-0.2, 0) is 0 Å². The van der Waals surface area contributed by atoms with Gasteiger partial charge in [-0.3, -0.25) is 0 Å². The molecule has 2 aromatic rings. The predicted molar refractivity (Wildman–Crippen MR) is 71.8 cm³/mol. The van der Waals surface area contributed by atoms with Crippen molar-refractivity contribution in [3.8, 4) is 5.95 Å². The Balaban J connectivity index is 1.87. The summed E-state index contributed by atoms with van der Waals surface area (Å²) in [5.41, 5.74) is -0.623. The molecule has 1 N–H and O–H groups in total. The Hall–Kier alpha value is -1.80. The summed E-state index contributed by atoms with van der Waals surface area (Å²) in [6.45, 7) is 3.18. The zero-order valence-corrected chi connectivity index (χ0v) is 11.7. The SMILES string of the molecule is CC1(O)CCN(c2nc(Cl)nc(-n3cncn3)n2)CC1. The summed E-state index contributed by atoms with van der Waals surface area (Å²) in [6, 6.07) is 0. The molecule has 0 unspecified atom stereocenters. The Morgan fingerprint density at radius 1 is 1.20 bits per heavy atom. The Labute approximate surface area is 120 Å². The van der Waals surface area contributed by atoms with Gasteiger partial charge < -0.3 is 10.0 Å². The molecule has 106 valence electrons. The molecule has 0 aromatic carbocycles. The van der Waals surface area contributed by atoms with E-state index in [0.29, 0.717) is 37.8 Å². The summed E-state index contributed by atoms with van der Waals surface area (Å²) in [4.78, 5) is 18.3. The number of halogens is 1. The number of anilines is 1. The van der Waals surface area contributed by atoms with Crippen molar-refractivity contribution in [3.63, 3.8) is 0 Å². The molecular formula is C11H14ClN7O. The number of aliphatic hydroxyl groups is 1. The summed E-state index contributed by atoms with van der Waals surface area (Å²) in [5, 5.41) is 14.1. The highest BCUT2D eigenvalue weighted by Crippen LogP contribution is 2.24. The van der Waals surface area contributed by atoms with E-state index in [-0.39, 0.29) is 5.28 Å². The van der Waals surface area contributed by atoms with Crippen LogP contribution in [0.3, 0.4) is 0 Å². The first kappa shape index (κ1) is 13.2. The molecule has 3 heterocycles. The van der Waals surface area contributed by atoms with Gasteiger partial charge in [0.2, 0.25) is 11.2 Å². The number of aromatic nitrogens is 6. The summed E-state index contributed by atoms with van der Waals surface area (Å²) in [6.07, 6.45) is 4.22. The Kier molecular flexibility index (Phi) is 3.27. The number of nitrogens with zero attached hydrogens (tertiary/aromatic N) is 7. The van der Waals surface area contributed by atoms with Gasteiger partial charge in [0.15, 0.2) is 0 Å². The van der Waals surface area contributed by atoms with E-state index in [9.17, 15) is 5.11 Å². The summed E-state index contributed by atoms with van der Waals surface area (Å²) >= 11 is 5.94. The lowest BCUT2D eigenvalue weighted by Gasteiger charge is -2.35. The molecule has 3 rings (SSSR count). The summed E-state index contributed by atoms with van der Waals surface area (Å²) in [5.74, 6) is 0.820. The van der Waals surface area contributed by atoms with E-state index in [0.717, 1.165) is 0 Å². The second-order valence-corrected chi connectivity index (χ2v) is 5.37. The fraction of sp³-hybridized carbons (Fsp3) is 0.545. The van der Waals surface area contributed by atoms with E-state index >= 15 is 0 Å². The molecule has 0 bridgehead atoms. The normalized spacial score (nSPS) is 18.2. The van der Waals surface area contributed by atoms with E-state index in [1.165, 1.54) is 17.3 Å². The Morgan fingerprint density at radius 3 is 2.55 bits per heavy atom. The lowest BCUT2D eigenvalue weighted by atomic mass is 9.94. The molecule has 1 aliphatic rings. The monoisotopic (exact) mass is 295 g/mol. The van der Waals surface area contributed by atoms with Crippen LogP contribution in [-0.4, -0.2) is 53.5 Å². The minimum absolute atomic E-state index is 0.109. The average Bonchev–Trinajstić information content (AvgIpc) is 2.91. The van der Waals surface area contributed by atoms with Crippen molar-refractivity contribution in [2.45, 2.75) is 25.4 Å². The first-order valence-corrected chi connectivity index (χ1v) is 6.65. The van der Waals surface area contributed by atoms with Gasteiger partial charge in [0, 0.05) is 13.1 Å². The highest BCUT2D eigenvalue weighted by Gasteiger charge is 2.28. The second-order valence-electron chi connectivity index (χ2n) is 5.03. The van der Waals surface area contributed by atoms with Crippen molar-refractivity contribution in [2.75, 3.05) is 18.0 Å². The maximum absolute atomic E-state index is 9.97. The lowest BCUT2D eigenvalue weighted by molar-refractivity contribution is 0.0349. The molecular weight excluding hydrogens is 282 g/mol. The Morgan fingerprint density at radius 2 is 1.90 bits per heavy atom. The molecule has 1 aliphatic heterocycles. The third-order valence-electron chi connectivity index (χ3n) is 3.33. The highest BCUT2D eigenvalue weighted by atomic mass is 35.5. The molecule has 1 saturated heterocycles. The Bertz CT molecular complexity index is 591. The van der Waals surface area contributed by atoms with Gasteiger partial charge >= 0.3 is 0 Å². The van der Waals surface area contributed by atoms with Gasteiger partial charge in [-0.15, -0.1) is 0 Å². The van der Waals surface area contributed by atoms with Crippen LogP contribution in [0.1, 0.15) is 19.8 Å². The first-order valence-electron chi connectivity index (χ1n) is 6.27. The molecule has 20 heavy (non-hydrogen) atoms. The molecule has 1 fully saturated rings. The molecule has 0 atom stereocenters. The van der Waals surface area contributed by atoms with Crippen LogP contribution >= 0.6 is 11.6 Å². The van der Waals surface area contributed by atoms with Crippen molar-refractivity contribution >= 4 is 17.5 Å². The third kappa shape index (κ3) is 2.70. The lowest BCUT2D eigenvalue weighted by Crippen LogP contribution is -2.43. The maximum Gasteiger partial charge on any atom is 0.258 e. The van der Waals surface area contributed by atoms with E-state index in [1.807, 2.05) is 11.8 Å². The minimum Gasteiger partial charge on any atom is -0.390 e. The topological polar surface area (TPSA) is 92.8 Å². The van der Waals surface area contributed by atoms with Crippen molar-refractivity contribution < 1.29 is 5.11 Å². The summed E-state index contributed by atoms with van der Waals surface area (Å²) < 4.78 is 1.43. The van der Waals surface area contributed by atoms with E-state index in [1.54, 1.807) is 0 Å². The highest BCUT2D eigenvalue weighted by molar-refractivity contribution is 6.28. The van der Waals surface area contributed by atoms with Crippen LogP contribution < -0.4 is 4.90 Å². The number of hydrogen-bond acceptors (Lipinski definition) is 7. The van der Waals surface area contributed by atoms with Crippen LogP contribution in [0.5, 0.6) is 0 Å². The third-order valence-corrected chi connectivity index (χ3v) is 3.50. The van der Waals surface area contributed by atoms with Crippen molar-refractivity contribution in [1.82, 2.24) is 29.7 Å². The molecule has 0 saturated carbocycles. The number of rotatable bonds is 2. The van der Waals surface area contributed by atoms with Crippen LogP contribution in [0.25, 0.3) is 5.95 Å². The molecule has 0 amide bonds. The van der Waals surface area contributed by atoms with Gasteiger partial charge in [0.05, 0.1) is 5.60 Å².